The highest BCUT2D eigenvalue weighted by molar-refractivity contribution is 5.20. The predicted octanol–water partition coefficient (Wildman–Crippen LogP) is 3.96. The molecule has 116 valence electrons. The highest BCUT2D eigenvalue weighted by atomic mass is 16.3. The summed E-state index contributed by atoms with van der Waals surface area (Å²) < 4.78 is 6.00. The van der Waals surface area contributed by atoms with Gasteiger partial charge in [0, 0.05) is 0 Å². The Morgan fingerprint density at radius 2 is 2.05 bits per heavy atom. The number of aryl methyl sites for hydroxylation is 1. The van der Waals surface area contributed by atoms with Gasteiger partial charge in [-0.05, 0) is 50.5 Å². The summed E-state index contributed by atoms with van der Waals surface area (Å²) in [5.74, 6) is 2.86. The molecule has 0 aliphatic heterocycles. The molecule has 1 rings (SSSR count). The quantitative estimate of drug-likeness (QED) is 0.703. The van der Waals surface area contributed by atoms with Crippen molar-refractivity contribution < 1.29 is 4.42 Å². The van der Waals surface area contributed by atoms with E-state index >= 15 is 0 Å². The molecule has 0 saturated carbocycles. The zero-order valence-corrected chi connectivity index (χ0v) is 14.0. The molecule has 0 aliphatic rings. The maximum atomic E-state index is 6.00. The van der Waals surface area contributed by atoms with Crippen LogP contribution in [0.4, 0.5) is 0 Å². The molecule has 3 nitrogen and oxygen atoms in total. The van der Waals surface area contributed by atoms with E-state index in [2.05, 4.69) is 50.9 Å². The van der Waals surface area contributed by atoms with Gasteiger partial charge in [0.25, 0.3) is 0 Å². The van der Waals surface area contributed by atoms with Gasteiger partial charge in [0.05, 0.1) is 13.1 Å². The summed E-state index contributed by atoms with van der Waals surface area (Å²) in [6, 6.07) is 2.20. The first-order chi connectivity index (χ1) is 9.56. The zero-order chi connectivity index (χ0) is 15.0. The fourth-order valence-electron chi connectivity index (χ4n) is 2.27. The first kappa shape index (κ1) is 17.3. The number of furan rings is 1. The molecule has 0 aliphatic carbocycles. The molecule has 20 heavy (non-hydrogen) atoms. The lowest BCUT2D eigenvalue weighted by Crippen LogP contribution is -2.23. The smallest absolute Gasteiger partial charge is 0.120 e. The van der Waals surface area contributed by atoms with Crippen molar-refractivity contribution in [2.24, 2.45) is 5.92 Å². The van der Waals surface area contributed by atoms with E-state index in [1.807, 2.05) is 0 Å². The molecule has 0 aromatic carbocycles. The standard InChI is InChI=1S/C17H32N2O/c1-6-8-9-19(7-2)13-16-10-15(5)17(20-16)12-18-11-14(3)4/h10,14,18H,6-9,11-13H2,1-5H3. The average Bonchev–Trinajstić information content (AvgIpc) is 2.74. The van der Waals surface area contributed by atoms with Crippen molar-refractivity contribution >= 4 is 0 Å². The van der Waals surface area contributed by atoms with Gasteiger partial charge in [-0.15, -0.1) is 0 Å². The predicted molar refractivity (Wildman–Crippen MR) is 85.8 cm³/mol. The van der Waals surface area contributed by atoms with E-state index in [4.69, 9.17) is 4.42 Å². The van der Waals surface area contributed by atoms with E-state index in [1.165, 1.54) is 18.4 Å². The van der Waals surface area contributed by atoms with E-state index in [-0.39, 0.29) is 0 Å². The van der Waals surface area contributed by atoms with Crippen LogP contribution >= 0.6 is 0 Å². The van der Waals surface area contributed by atoms with Crippen molar-refractivity contribution in [3.63, 3.8) is 0 Å². The summed E-state index contributed by atoms with van der Waals surface area (Å²) in [6.45, 7) is 16.1. The maximum Gasteiger partial charge on any atom is 0.120 e. The molecule has 0 unspecified atom stereocenters. The lowest BCUT2D eigenvalue weighted by atomic mass is 10.2. The van der Waals surface area contributed by atoms with Gasteiger partial charge in [0.2, 0.25) is 0 Å². The summed E-state index contributed by atoms with van der Waals surface area (Å²) >= 11 is 0. The number of unbranched alkanes of at least 4 members (excludes halogenated alkanes) is 1. The molecular formula is C17H32N2O. The normalized spacial score (nSPS) is 11.8. The second kappa shape index (κ2) is 9.19. The van der Waals surface area contributed by atoms with Crippen molar-refractivity contribution in [1.82, 2.24) is 10.2 Å². The monoisotopic (exact) mass is 280 g/mol. The summed E-state index contributed by atoms with van der Waals surface area (Å²) in [7, 11) is 0. The lowest BCUT2D eigenvalue weighted by molar-refractivity contribution is 0.248. The van der Waals surface area contributed by atoms with Crippen LogP contribution in [0.15, 0.2) is 10.5 Å². The lowest BCUT2D eigenvalue weighted by Gasteiger charge is -2.18. The molecular weight excluding hydrogens is 248 g/mol. The van der Waals surface area contributed by atoms with Gasteiger partial charge in [-0.25, -0.2) is 0 Å². The van der Waals surface area contributed by atoms with E-state index in [1.54, 1.807) is 0 Å². The second-order valence-corrected chi connectivity index (χ2v) is 6.07. The van der Waals surface area contributed by atoms with Crippen LogP contribution in [-0.4, -0.2) is 24.5 Å². The Hall–Kier alpha value is -0.800. The molecule has 0 radical (unpaired) electrons. The minimum atomic E-state index is 0.675. The zero-order valence-electron chi connectivity index (χ0n) is 14.0. The van der Waals surface area contributed by atoms with Crippen LogP contribution in [0, 0.1) is 12.8 Å². The third-order valence-corrected chi connectivity index (χ3v) is 3.56. The number of hydrogen-bond donors (Lipinski definition) is 1. The Morgan fingerprint density at radius 3 is 2.65 bits per heavy atom. The van der Waals surface area contributed by atoms with E-state index in [0.29, 0.717) is 5.92 Å². The van der Waals surface area contributed by atoms with E-state index in [9.17, 15) is 0 Å². The Balaban J connectivity index is 2.50. The fraction of sp³-hybridized carbons (Fsp3) is 0.765. The molecule has 1 N–H and O–H groups in total. The maximum absolute atomic E-state index is 6.00. The van der Waals surface area contributed by atoms with Crippen molar-refractivity contribution in [2.75, 3.05) is 19.6 Å². The third kappa shape index (κ3) is 6.10. The number of hydrogen-bond acceptors (Lipinski definition) is 3. The van der Waals surface area contributed by atoms with Crippen LogP contribution in [0.3, 0.4) is 0 Å². The van der Waals surface area contributed by atoms with Crippen molar-refractivity contribution in [2.45, 2.75) is 60.5 Å². The molecule has 1 heterocycles. The average molecular weight is 280 g/mol. The summed E-state index contributed by atoms with van der Waals surface area (Å²) in [5, 5.41) is 3.45. The van der Waals surface area contributed by atoms with Crippen LogP contribution in [0.2, 0.25) is 0 Å². The van der Waals surface area contributed by atoms with Gasteiger partial charge in [-0.1, -0.05) is 34.1 Å². The Morgan fingerprint density at radius 1 is 1.30 bits per heavy atom. The van der Waals surface area contributed by atoms with Gasteiger partial charge < -0.3 is 9.73 Å². The van der Waals surface area contributed by atoms with Gasteiger partial charge in [-0.3, -0.25) is 4.90 Å². The molecule has 0 fully saturated rings. The Bertz CT molecular complexity index is 371. The Labute approximate surface area is 124 Å². The third-order valence-electron chi connectivity index (χ3n) is 3.56. The first-order valence-electron chi connectivity index (χ1n) is 8.08. The number of nitrogens with zero attached hydrogens (tertiary/aromatic N) is 1. The van der Waals surface area contributed by atoms with Gasteiger partial charge in [-0.2, -0.15) is 0 Å². The molecule has 0 spiro atoms. The summed E-state index contributed by atoms with van der Waals surface area (Å²) in [4.78, 5) is 2.45. The minimum Gasteiger partial charge on any atom is -0.463 e. The fourth-order valence-corrected chi connectivity index (χ4v) is 2.27. The van der Waals surface area contributed by atoms with Crippen molar-refractivity contribution in [3.05, 3.63) is 23.2 Å². The molecule has 3 heteroatoms. The molecule has 0 atom stereocenters. The first-order valence-corrected chi connectivity index (χ1v) is 8.08. The van der Waals surface area contributed by atoms with Crippen molar-refractivity contribution in [3.8, 4) is 0 Å². The van der Waals surface area contributed by atoms with E-state index in [0.717, 1.165) is 44.2 Å². The molecule has 0 bridgehead atoms. The number of rotatable bonds is 10. The second-order valence-electron chi connectivity index (χ2n) is 6.07. The molecule has 0 saturated heterocycles. The van der Waals surface area contributed by atoms with Crippen LogP contribution < -0.4 is 5.32 Å². The SMILES string of the molecule is CCCCN(CC)Cc1cc(C)c(CNCC(C)C)o1. The van der Waals surface area contributed by atoms with Crippen LogP contribution in [0.25, 0.3) is 0 Å². The highest BCUT2D eigenvalue weighted by Gasteiger charge is 2.10. The van der Waals surface area contributed by atoms with Gasteiger partial charge >= 0.3 is 0 Å². The van der Waals surface area contributed by atoms with Gasteiger partial charge in [0.1, 0.15) is 11.5 Å². The summed E-state index contributed by atoms with van der Waals surface area (Å²) in [6.07, 6.45) is 2.51. The number of nitrogens with one attached hydrogen (secondary N) is 1. The molecule has 1 aromatic rings. The topological polar surface area (TPSA) is 28.4 Å². The van der Waals surface area contributed by atoms with Crippen LogP contribution in [0.1, 0.15) is 57.6 Å². The molecule has 0 amide bonds. The van der Waals surface area contributed by atoms with E-state index < -0.39 is 0 Å². The summed E-state index contributed by atoms with van der Waals surface area (Å²) in [5.41, 5.74) is 1.27. The van der Waals surface area contributed by atoms with Crippen molar-refractivity contribution in [1.29, 1.82) is 0 Å². The largest absolute Gasteiger partial charge is 0.463 e. The minimum absolute atomic E-state index is 0.675. The van der Waals surface area contributed by atoms with Crippen LogP contribution in [-0.2, 0) is 13.1 Å². The van der Waals surface area contributed by atoms with Gasteiger partial charge in [0.15, 0.2) is 0 Å². The molecule has 1 aromatic heterocycles. The Kier molecular flexibility index (Phi) is 7.93. The van der Waals surface area contributed by atoms with Crippen LogP contribution in [0.5, 0.6) is 0 Å². The highest BCUT2D eigenvalue weighted by Crippen LogP contribution is 2.16.